The van der Waals surface area contributed by atoms with E-state index in [-0.39, 0.29) is 5.91 Å². The largest absolute Gasteiger partial charge is 0.497 e. The van der Waals surface area contributed by atoms with Gasteiger partial charge in [-0.15, -0.1) is 0 Å². The van der Waals surface area contributed by atoms with Gasteiger partial charge in [-0.2, -0.15) is 5.26 Å². The van der Waals surface area contributed by atoms with E-state index in [2.05, 4.69) is 6.07 Å². The predicted octanol–water partition coefficient (Wildman–Crippen LogP) is 2.43. The fraction of sp³-hybridized carbons (Fsp3) is 0.125. The zero-order chi connectivity index (χ0) is 15.4. The van der Waals surface area contributed by atoms with Gasteiger partial charge in [0.15, 0.2) is 0 Å². The summed E-state index contributed by atoms with van der Waals surface area (Å²) in [5, 5.41) is 9.12. The van der Waals surface area contributed by atoms with Gasteiger partial charge in [-0.3, -0.25) is 4.79 Å². The van der Waals surface area contributed by atoms with Crippen molar-refractivity contribution in [2.45, 2.75) is 0 Å². The zero-order valence-corrected chi connectivity index (χ0v) is 11.8. The van der Waals surface area contributed by atoms with Crippen molar-refractivity contribution < 1.29 is 9.53 Å². The molecule has 0 saturated heterocycles. The second-order valence-corrected chi connectivity index (χ2v) is 4.49. The van der Waals surface area contributed by atoms with Crippen LogP contribution in [0.5, 0.6) is 5.75 Å². The van der Waals surface area contributed by atoms with Gasteiger partial charge in [0.2, 0.25) is 0 Å². The van der Waals surface area contributed by atoms with Crippen LogP contribution >= 0.6 is 0 Å². The maximum atomic E-state index is 12.5. The Morgan fingerprint density at radius 3 is 2.67 bits per heavy atom. The van der Waals surface area contributed by atoms with Gasteiger partial charge < -0.3 is 15.4 Å². The lowest BCUT2D eigenvalue weighted by Crippen LogP contribution is -2.27. The molecule has 0 unspecified atom stereocenters. The summed E-state index contributed by atoms with van der Waals surface area (Å²) in [6.07, 6.45) is 0. The van der Waals surface area contributed by atoms with Gasteiger partial charge in [0.25, 0.3) is 5.91 Å². The molecule has 0 atom stereocenters. The SMILES string of the molecule is COc1cc(N)cc(C(=O)N(C)c2ccccc2C#N)c1. The highest BCUT2D eigenvalue weighted by molar-refractivity contribution is 6.07. The van der Waals surface area contributed by atoms with Crippen LogP contribution in [0.15, 0.2) is 42.5 Å². The molecule has 5 nitrogen and oxygen atoms in total. The van der Waals surface area contributed by atoms with E-state index in [0.29, 0.717) is 28.3 Å². The number of rotatable bonds is 3. The van der Waals surface area contributed by atoms with Crippen molar-refractivity contribution in [1.82, 2.24) is 0 Å². The van der Waals surface area contributed by atoms with Gasteiger partial charge in [-0.1, -0.05) is 12.1 Å². The topological polar surface area (TPSA) is 79.3 Å². The Morgan fingerprint density at radius 1 is 1.29 bits per heavy atom. The molecule has 2 N–H and O–H groups in total. The molecule has 5 heteroatoms. The molecular formula is C16H15N3O2. The minimum Gasteiger partial charge on any atom is -0.497 e. The fourth-order valence-electron chi connectivity index (χ4n) is 2.03. The maximum Gasteiger partial charge on any atom is 0.258 e. The Balaban J connectivity index is 2.40. The van der Waals surface area contributed by atoms with E-state index in [1.807, 2.05) is 0 Å². The van der Waals surface area contributed by atoms with E-state index in [1.165, 1.54) is 12.0 Å². The first-order valence-electron chi connectivity index (χ1n) is 6.28. The summed E-state index contributed by atoms with van der Waals surface area (Å²) in [5.74, 6) is 0.253. The van der Waals surface area contributed by atoms with Crippen LogP contribution in [0, 0.1) is 11.3 Å². The van der Waals surface area contributed by atoms with E-state index < -0.39 is 0 Å². The first-order chi connectivity index (χ1) is 10.1. The highest BCUT2D eigenvalue weighted by Crippen LogP contribution is 2.23. The van der Waals surface area contributed by atoms with Crippen molar-refractivity contribution in [3.8, 4) is 11.8 Å². The molecule has 21 heavy (non-hydrogen) atoms. The average Bonchev–Trinajstić information content (AvgIpc) is 2.52. The first-order valence-corrected chi connectivity index (χ1v) is 6.28. The summed E-state index contributed by atoms with van der Waals surface area (Å²) < 4.78 is 5.11. The summed E-state index contributed by atoms with van der Waals surface area (Å²) in [6, 6.07) is 13.8. The molecule has 0 radical (unpaired) electrons. The Hall–Kier alpha value is -3.00. The van der Waals surface area contributed by atoms with Crippen molar-refractivity contribution in [3.63, 3.8) is 0 Å². The lowest BCUT2D eigenvalue weighted by molar-refractivity contribution is 0.0992. The third-order valence-corrected chi connectivity index (χ3v) is 3.10. The summed E-state index contributed by atoms with van der Waals surface area (Å²) in [4.78, 5) is 14.0. The number of nitriles is 1. The zero-order valence-electron chi connectivity index (χ0n) is 11.8. The quantitative estimate of drug-likeness (QED) is 0.876. The number of nitrogens with two attached hydrogens (primary N) is 1. The van der Waals surface area contributed by atoms with Crippen molar-refractivity contribution in [2.75, 3.05) is 24.8 Å². The number of nitrogen functional groups attached to an aromatic ring is 1. The van der Waals surface area contributed by atoms with Gasteiger partial charge in [0.1, 0.15) is 11.8 Å². The number of hydrogen-bond donors (Lipinski definition) is 1. The smallest absolute Gasteiger partial charge is 0.258 e. The third kappa shape index (κ3) is 2.95. The van der Waals surface area contributed by atoms with E-state index in [0.717, 1.165) is 0 Å². The standard InChI is InChI=1S/C16H15N3O2/c1-19(15-6-4-3-5-11(15)10-17)16(20)12-7-13(18)9-14(8-12)21-2/h3-9H,18H2,1-2H3. The normalized spacial score (nSPS) is 9.76. The van der Waals surface area contributed by atoms with Gasteiger partial charge in [-0.25, -0.2) is 0 Å². The number of methoxy groups -OCH3 is 1. The molecule has 0 aromatic heterocycles. The number of amides is 1. The Kier molecular flexibility index (Phi) is 4.10. The van der Waals surface area contributed by atoms with Gasteiger partial charge in [0.05, 0.1) is 18.4 Å². The van der Waals surface area contributed by atoms with Crippen LogP contribution in [0.3, 0.4) is 0 Å². The molecule has 2 aromatic carbocycles. The highest BCUT2D eigenvalue weighted by atomic mass is 16.5. The number of hydrogen-bond acceptors (Lipinski definition) is 4. The van der Waals surface area contributed by atoms with Crippen LogP contribution in [0.4, 0.5) is 11.4 Å². The van der Waals surface area contributed by atoms with Gasteiger partial charge in [0, 0.05) is 24.4 Å². The van der Waals surface area contributed by atoms with Crippen LogP contribution in [0.2, 0.25) is 0 Å². The molecule has 0 fully saturated rings. The number of nitrogens with zero attached hydrogens (tertiary/aromatic N) is 2. The molecule has 2 aromatic rings. The molecular weight excluding hydrogens is 266 g/mol. The predicted molar refractivity (Wildman–Crippen MR) is 81.3 cm³/mol. The van der Waals surface area contributed by atoms with Crippen LogP contribution in [-0.4, -0.2) is 20.1 Å². The van der Waals surface area contributed by atoms with E-state index in [1.54, 1.807) is 49.5 Å². The molecule has 0 aliphatic heterocycles. The van der Waals surface area contributed by atoms with Crippen LogP contribution in [-0.2, 0) is 0 Å². The Labute approximate surface area is 123 Å². The molecule has 2 rings (SSSR count). The van der Waals surface area contributed by atoms with Crippen LogP contribution < -0.4 is 15.4 Å². The summed E-state index contributed by atoms with van der Waals surface area (Å²) in [6.45, 7) is 0. The first kappa shape index (κ1) is 14.4. The van der Waals surface area contributed by atoms with E-state index in [9.17, 15) is 4.79 Å². The lowest BCUT2D eigenvalue weighted by atomic mass is 10.1. The van der Waals surface area contributed by atoms with E-state index >= 15 is 0 Å². The molecule has 0 aliphatic rings. The average molecular weight is 281 g/mol. The molecule has 0 saturated carbocycles. The summed E-state index contributed by atoms with van der Waals surface area (Å²) in [7, 11) is 3.13. The molecule has 0 spiro atoms. The molecule has 1 amide bonds. The minimum atomic E-state index is -0.261. The highest BCUT2D eigenvalue weighted by Gasteiger charge is 2.17. The van der Waals surface area contributed by atoms with E-state index in [4.69, 9.17) is 15.7 Å². The Morgan fingerprint density at radius 2 is 2.00 bits per heavy atom. The molecule has 0 bridgehead atoms. The van der Waals surface area contributed by atoms with Crippen molar-refractivity contribution in [2.24, 2.45) is 0 Å². The fourth-order valence-corrected chi connectivity index (χ4v) is 2.03. The monoisotopic (exact) mass is 281 g/mol. The Bertz CT molecular complexity index is 720. The van der Waals surface area contributed by atoms with Crippen LogP contribution in [0.1, 0.15) is 15.9 Å². The molecule has 0 heterocycles. The molecule has 0 aliphatic carbocycles. The van der Waals surface area contributed by atoms with Crippen molar-refractivity contribution in [1.29, 1.82) is 5.26 Å². The van der Waals surface area contributed by atoms with Gasteiger partial charge in [-0.05, 0) is 24.3 Å². The second kappa shape index (κ2) is 5.97. The third-order valence-electron chi connectivity index (χ3n) is 3.10. The number of carbonyl (C=O) groups excluding carboxylic acids is 1. The molecule has 106 valence electrons. The number of anilines is 2. The van der Waals surface area contributed by atoms with Gasteiger partial charge >= 0.3 is 0 Å². The summed E-state index contributed by atoms with van der Waals surface area (Å²) in [5.41, 5.74) is 7.60. The summed E-state index contributed by atoms with van der Waals surface area (Å²) >= 11 is 0. The minimum absolute atomic E-state index is 0.261. The van der Waals surface area contributed by atoms with Crippen molar-refractivity contribution >= 4 is 17.3 Å². The number of ether oxygens (including phenoxy) is 1. The van der Waals surface area contributed by atoms with Crippen molar-refractivity contribution in [3.05, 3.63) is 53.6 Å². The van der Waals surface area contributed by atoms with Crippen LogP contribution in [0.25, 0.3) is 0 Å². The second-order valence-electron chi connectivity index (χ2n) is 4.49. The number of carbonyl (C=O) groups is 1. The maximum absolute atomic E-state index is 12.5. The number of benzene rings is 2. The lowest BCUT2D eigenvalue weighted by Gasteiger charge is -2.19. The number of para-hydroxylation sites is 1.